The molecule has 0 N–H and O–H groups in total. The van der Waals surface area contributed by atoms with E-state index in [9.17, 15) is 23.1 Å². The van der Waals surface area contributed by atoms with Crippen molar-refractivity contribution in [3.63, 3.8) is 0 Å². The molecule has 7 heteroatoms. The van der Waals surface area contributed by atoms with E-state index in [-0.39, 0.29) is 16.8 Å². The Hall–Kier alpha value is -3.35. The lowest BCUT2D eigenvalue weighted by molar-refractivity contribution is -0.734. The molecule has 2 aromatic heterocycles. The summed E-state index contributed by atoms with van der Waals surface area (Å²) in [5.41, 5.74) is -0.301. The largest absolute Gasteiger partial charge is 0.842 e. The Morgan fingerprint density at radius 2 is 1.59 bits per heavy atom. The molecule has 0 fully saturated rings. The minimum Gasteiger partial charge on any atom is -0.842 e. The third-order valence-corrected chi connectivity index (χ3v) is 4.37. The van der Waals surface area contributed by atoms with E-state index in [1.165, 1.54) is 22.6 Å². The van der Waals surface area contributed by atoms with Gasteiger partial charge in [-0.3, -0.25) is 0 Å². The van der Waals surface area contributed by atoms with Crippen molar-refractivity contribution in [3.05, 3.63) is 77.1 Å². The zero-order chi connectivity index (χ0) is 19.2. The number of hydrogen-bond donors (Lipinski definition) is 0. The Kier molecular flexibility index (Phi) is 3.87. The number of para-hydroxylation sites is 1. The number of benzene rings is 2. The molecule has 0 unspecified atom stereocenters. The maximum absolute atomic E-state index is 13.2. The summed E-state index contributed by atoms with van der Waals surface area (Å²) in [6, 6.07) is 17.8. The molecule has 27 heavy (non-hydrogen) atoms. The fraction of sp³-hybridized carbons (Fsp3) is 0.100. The molecule has 2 aromatic carbocycles. The van der Waals surface area contributed by atoms with Gasteiger partial charge in [-0.15, -0.1) is 0 Å². The van der Waals surface area contributed by atoms with Crippen LogP contribution >= 0.6 is 0 Å². The Bertz CT molecular complexity index is 1220. The van der Waals surface area contributed by atoms with Crippen molar-refractivity contribution in [1.29, 1.82) is 0 Å². The molecule has 4 aromatic rings. The summed E-state index contributed by atoms with van der Waals surface area (Å²) in [5, 5.41) is 13.6. The van der Waals surface area contributed by atoms with Crippen molar-refractivity contribution in [2.45, 2.75) is 12.7 Å². The zero-order valence-corrected chi connectivity index (χ0v) is 13.9. The normalized spacial score (nSPS) is 12.0. The molecule has 0 saturated heterocycles. The molecule has 0 bridgehead atoms. The number of alkyl halides is 3. The lowest BCUT2D eigenvalue weighted by Crippen LogP contribution is -2.48. The van der Waals surface area contributed by atoms with Crippen LogP contribution in [0.25, 0.3) is 27.7 Å². The Labute approximate surface area is 151 Å². The zero-order valence-electron chi connectivity index (χ0n) is 13.9. The number of pyridine rings is 1. The third-order valence-electron chi connectivity index (χ3n) is 4.37. The highest BCUT2D eigenvalue weighted by molar-refractivity contribution is 5.82. The van der Waals surface area contributed by atoms with Gasteiger partial charge in [0.05, 0.1) is 5.88 Å². The number of halogens is 3. The maximum atomic E-state index is 13.2. The SMILES string of the molecule is O=c1c(-c2ccccc2)c([O-])[n+](CC(F)(F)F)c2ccc3ccccc3n12. The lowest BCUT2D eigenvalue weighted by Gasteiger charge is -2.18. The van der Waals surface area contributed by atoms with E-state index >= 15 is 0 Å². The van der Waals surface area contributed by atoms with Crippen molar-refractivity contribution >= 4 is 16.6 Å². The summed E-state index contributed by atoms with van der Waals surface area (Å²) in [6.07, 6.45) is -4.61. The Balaban J connectivity index is 2.21. The molecule has 0 radical (unpaired) electrons. The summed E-state index contributed by atoms with van der Waals surface area (Å²) >= 11 is 0. The summed E-state index contributed by atoms with van der Waals surface area (Å²) in [5.74, 6) is -0.959. The fourth-order valence-corrected chi connectivity index (χ4v) is 3.24. The quantitative estimate of drug-likeness (QED) is 0.402. The summed E-state index contributed by atoms with van der Waals surface area (Å²) < 4.78 is 41.2. The minimum absolute atomic E-state index is 0.0966. The van der Waals surface area contributed by atoms with Gasteiger partial charge < -0.3 is 5.11 Å². The van der Waals surface area contributed by atoms with Gasteiger partial charge in [-0.05, 0) is 17.7 Å². The van der Waals surface area contributed by atoms with E-state index in [0.717, 1.165) is 0 Å². The van der Waals surface area contributed by atoms with Gasteiger partial charge in [0.25, 0.3) is 5.65 Å². The van der Waals surface area contributed by atoms with Gasteiger partial charge in [-0.1, -0.05) is 48.5 Å². The summed E-state index contributed by atoms with van der Waals surface area (Å²) in [4.78, 5) is 13.1. The van der Waals surface area contributed by atoms with Gasteiger partial charge >= 0.3 is 11.7 Å². The highest BCUT2D eigenvalue weighted by atomic mass is 19.4. The van der Waals surface area contributed by atoms with Crippen molar-refractivity contribution in [2.75, 3.05) is 0 Å². The van der Waals surface area contributed by atoms with Gasteiger partial charge in [0.15, 0.2) is 6.54 Å². The first-order chi connectivity index (χ1) is 12.9. The average Bonchev–Trinajstić information content (AvgIpc) is 2.64. The average molecular weight is 370 g/mol. The highest BCUT2D eigenvalue weighted by Gasteiger charge is 2.34. The third kappa shape index (κ3) is 2.91. The summed E-state index contributed by atoms with van der Waals surface area (Å²) in [6.45, 7) is -1.48. The van der Waals surface area contributed by atoms with Crippen LogP contribution in [0.4, 0.5) is 13.2 Å². The first kappa shape index (κ1) is 17.1. The van der Waals surface area contributed by atoms with Crippen LogP contribution in [0.15, 0.2) is 71.5 Å². The van der Waals surface area contributed by atoms with Crippen LogP contribution in [0.5, 0.6) is 5.88 Å². The standard InChI is InChI=1S/C20H13F3N2O2/c21-20(22,23)12-24-16-11-10-13-6-4-5-9-15(13)25(16)19(27)17(18(24)26)14-7-2-1-3-8-14/h1-11H,12H2. The molecule has 0 aliphatic rings. The molecule has 0 atom stereocenters. The molecule has 136 valence electrons. The van der Waals surface area contributed by atoms with Crippen LogP contribution < -0.4 is 15.2 Å². The number of fused-ring (bicyclic) bond motifs is 3. The lowest BCUT2D eigenvalue weighted by atomic mass is 10.1. The minimum atomic E-state index is -4.61. The second kappa shape index (κ2) is 6.12. The summed E-state index contributed by atoms with van der Waals surface area (Å²) in [7, 11) is 0. The molecule has 0 spiro atoms. The Morgan fingerprint density at radius 1 is 0.926 bits per heavy atom. The number of hydrogen-bond acceptors (Lipinski definition) is 2. The van der Waals surface area contributed by atoms with E-state index < -0.39 is 24.2 Å². The number of rotatable bonds is 2. The molecule has 2 heterocycles. The van der Waals surface area contributed by atoms with Gasteiger partial charge in [0, 0.05) is 11.5 Å². The van der Waals surface area contributed by atoms with Crippen LogP contribution in [0, 0.1) is 0 Å². The van der Waals surface area contributed by atoms with E-state index in [1.807, 2.05) is 0 Å². The molecule has 0 saturated carbocycles. The molecule has 0 aliphatic carbocycles. The topological polar surface area (TPSA) is 48.4 Å². The van der Waals surface area contributed by atoms with Crippen LogP contribution in [-0.4, -0.2) is 10.6 Å². The van der Waals surface area contributed by atoms with E-state index in [0.29, 0.717) is 15.5 Å². The van der Waals surface area contributed by atoms with Gasteiger partial charge in [-0.2, -0.15) is 17.6 Å². The molecular formula is C20H13F3N2O2. The monoisotopic (exact) mass is 370 g/mol. The first-order valence-electron chi connectivity index (χ1n) is 8.16. The van der Waals surface area contributed by atoms with Crippen molar-refractivity contribution in [3.8, 4) is 17.0 Å². The van der Waals surface area contributed by atoms with Crippen LogP contribution in [0.2, 0.25) is 0 Å². The first-order valence-corrected chi connectivity index (χ1v) is 8.16. The van der Waals surface area contributed by atoms with Crippen LogP contribution in [-0.2, 0) is 6.54 Å². The molecule has 4 rings (SSSR count). The van der Waals surface area contributed by atoms with Gasteiger partial charge in [-0.25, -0.2) is 9.36 Å². The predicted octanol–water partition coefficient (Wildman–Crippen LogP) is 3.04. The fourth-order valence-electron chi connectivity index (χ4n) is 3.24. The Morgan fingerprint density at radius 3 is 2.30 bits per heavy atom. The molecule has 0 aliphatic heterocycles. The van der Waals surface area contributed by atoms with Gasteiger partial charge in [0.2, 0.25) is 0 Å². The highest BCUT2D eigenvalue weighted by Crippen LogP contribution is 2.25. The van der Waals surface area contributed by atoms with Crippen molar-refractivity contribution in [2.24, 2.45) is 0 Å². The second-order valence-electron chi connectivity index (χ2n) is 6.14. The van der Waals surface area contributed by atoms with Crippen molar-refractivity contribution < 1.29 is 22.8 Å². The molecular weight excluding hydrogens is 357 g/mol. The van der Waals surface area contributed by atoms with E-state index in [1.54, 1.807) is 48.5 Å². The van der Waals surface area contributed by atoms with E-state index in [4.69, 9.17) is 0 Å². The molecule has 0 amide bonds. The maximum Gasteiger partial charge on any atom is 0.426 e. The van der Waals surface area contributed by atoms with E-state index in [2.05, 4.69) is 0 Å². The predicted molar refractivity (Wildman–Crippen MR) is 92.3 cm³/mol. The van der Waals surface area contributed by atoms with Crippen molar-refractivity contribution in [1.82, 2.24) is 4.40 Å². The van der Waals surface area contributed by atoms with Gasteiger partial charge in [0.1, 0.15) is 11.1 Å². The second-order valence-corrected chi connectivity index (χ2v) is 6.14. The van der Waals surface area contributed by atoms with Crippen LogP contribution in [0.3, 0.4) is 0 Å². The number of aromatic nitrogens is 2. The smallest absolute Gasteiger partial charge is 0.426 e. The molecule has 4 nitrogen and oxygen atoms in total. The number of nitrogens with zero attached hydrogens (tertiary/aromatic N) is 2. The van der Waals surface area contributed by atoms with Crippen LogP contribution in [0.1, 0.15) is 0 Å².